The first-order valence-electron chi connectivity index (χ1n) is 7.42. The van der Waals surface area contributed by atoms with Gasteiger partial charge in [-0.3, -0.25) is 0 Å². The summed E-state index contributed by atoms with van der Waals surface area (Å²) in [5.74, 6) is 1.40. The van der Waals surface area contributed by atoms with Gasteiger partial charge in [-0.1, -0.05) is 19.9 Å². The highest BCUT2D eigenvalue weighted by Gasteiger charge is 2.26. The van der Waals surface area contributed by atoms with Gasteiger partial charge in [0.1, 0.15) is 11.9 Å². The highest BCUT2D eigenvalue weighted by molar-refractivity contribution is 5.61. The summed E-state index contributed by atoms with van der Waals surface area (Å²) < 4.78 is 6.04. The number of benzene rings is 1. The molecular weight excluding hydrogens is 252 g/mol. The molecule has 4 nitrogen and oxygen atoms in total. The van der Waals surface area contributed by atoms with E-state index >= 15 is 0 Å². The second kappa shape index (κ2) is 6.46. The Morgan fingerprint density at radius 2 is 2.20 bits per heavy atom. The van der Waals surface area contributed by atoms with E-state index in [1.807, 2.05) is 18.2 Å². The largest absolute Gasteiger partial charge is 0.486 e. The molecule has 1 aromatic carbocycles. The van der Waals surface area contributed by atoms with Crippen LogP contribution in [-0.2, 0) is 0 Å². The van der Waals surface area contributed by atoms with Crippen LogP contribution in [0.3, 0.4) is 0 Å². The van der Waals surface area contributed by atoms with Crippen LogP contribution < -0.4 is 15.4 Å². The Morgan fingerprint density at radius 1 is 1.45 bits per heavy atom. The molecule has 0 saturated carbocycles. The van der Waals surface area contributed by atoms with E-state index < -0.39 is 6.10 Å². The molecule has 0 spiro atoms. The molecular formula is C16H26N2O2. The third kappa shape index (κ3) is 3.25. The number of nitrogens with zero attached hydrogens (tertiary/aromatic N) is 1. The number of hydrogen-bond acceptors (Lipinski definition) is 4. The van der Waals surface area contributed by atoms with Gasteiger partial charge in [0.05, 0.1) is 18.3 Å². The summed E-state index contributed by atoms with van der Waals surface area (Å²) in [7, 11) is 2.08. The van der Waals surface area contributed by atoms with Gasteiger partial charge in [0.25, 0.3) is 0 Å². The molecule has 4 heteroatoms. The zero-order valence-electron chi connectivity index (χ0n) is 12.7. The van der Waals surface area contributed by atoms with Crippen LogP contribution in [0, 0.1) is 5.92 Å². The number of aliphatic hydroxyl groups excluding tert-OH is 1. The van der Waals surface area contributed by atoms with Gasteiger partial charge in [-0.15, -0.1) is 0 Å². The standard InChI is InChI=1S/C16H26N2O2/c1-11(2)16-10-18(3)13-9-12(6-7-15(13)20-16)14(19)5-4-8-17/h6-7,9,11,14,16,19H,4-5,8,10,17H2,1-3H3. The van der Waals surface area contributed by atoms with E-state index in [4.69, 9.17) is 10.5 Å². The second-order valence-electron chi connectivity index (χ2n) is 5.95. The summed E-state index contributed by atoms with van der Waals surface area (Å²) in [4.78, 5) is 2.21. The van der Waals surface area contributed by atoms with Gasteiger partial charge >= 0.3 is 0 Å². The van der Waals surface area contributed by atoms with Crippen LogP contribution in [0.1, 0.15) is 38.4 Å². The molecule has 0 bridgehead atoms. The van der Waals surface area contributed by atoms with Crippen molar-refractivity contribution in [2.24, 2.45) is 11.7 Å². The SMILES string of the molecule is CC(C)C1CN(C)c2cc(C(O)CCCN)ccc2O1. The predicted octanol–water partition coefficient (Wildman–Crippen LogP) is 2.31. The normalized spacial score (nSPS) is 19.7. The quantitative estimate of drug-likeness (QED) is 0.868. The van der Waals surface area contributed by atoms with Crippen molar-refractivity contribution in [2.45, 2.75) is 38.9 Å². The molecule has 1 aliphatic heterocycles. The molecule has 112 valence electrons. The van der Waals surface area contributed by atoms with Crippen LogP contribution in [0.25, 0.3) is 0 Å². The molecule has 1 aliphatic rings. The zero-order valence-corrected chi connectivity index (χ0v) is 12.7. The fourth-order valence-electron chi connectivity index (χ4n) is 2.53. The van der Waals surface area contributed by atoms with E-state index in [-0.39, 0.29) is 6.10 Å². The lowest BCUT2D eigenvalue weighted by molar-refractivity contribution is 0.146. The minimum atomic E-state index is -0.444. The summed E-state index contributed by atoms with van der Waals surface area (Å²) in [6.45, 7) is 5.84. The van der Waals surface area contributed by atoms with Crippen LogP contribution in [0.4, 0.5) is 5.69 Å². The molecule has 2 atom stereocenters. The molecule has 0 aromatic heterocycles. The Labute approximate surface area is 121 Å². The minimum Gasteiger partial charge on any atom is -0.486 e. The Morgan fingerprint density at radius 3 is 2.85 bits per heavy atom. The van der Waals surface area contributed by atoms with E-state index in [2.05, 4.69) is 25.8 Å². The van der Waals surface area contributed by atoms with Gasteiger partial charge in [0, 0.05) is 7.05 Å². The van der Waals surface area contributed by atoms with Crippen LogP contribution in [-0.4, -0.2) is 31.3 Å². The number of anilines is 1. The Hall–Kier alpha value is -1.26. The maximum atomic E-state index is 10.2. The molecule has 3 N–H and O–H groups in total. The van der Waals surface area contributed by atoms with Crippen LogP contribution >= 0.6 is 0 Å². The molecule has 2 unspecified atom stereocenters. The fraction of sp³-hybridized carbons (Fsp3) is 0.625. The number of hydrogen-bond donors (Lipinski definition) is 2. The lowest BCUT2D eigenvalue weighted by Gasteiger charge is -2.36. The minimum absolute atomic E-state index is 0.223. The first-order valence-corrected chi connectivity index (χ1v) is 7.42. The van der Waals surface area contributed by atoms with Crippen LogP contribution in [0.15, 0.2) is 18.2 Å². The molecule has 0 saturated heterocycles. The summed E-state index contributed by atoms with van der Waals surface area (Å²) in [6, 6.07) is 5.96. The Bertz CT molecular complexity index is 448. The maximum absolute atomic E-state index is 10.2. The van der Waals surface area contributed by atoms with Gasteiger partial charge in [0.2, 0.25) is 0 Å². The third-order valence-corrected chi connectivity index (χ3v) is 3.94. The van der Waals surface area contributed by atoms with Gasteiger partial charge < -0.3 is 20.5 Å². The first kappa shape index (κ1) is 15.1. The Balaban J connectivity index is 2.17. The van der Waals surface area contributed by atoms with Crippen molar-refractivity contribution in [3.05, 3.63) is 23.8 Å². The molecule has 0 amide bonds. The molecule has 1 heterocycles. The molecule has 0 radical (unpaired) electrons. The first-order chi connectivity index (χ1) is 9.52. The van der Waals surface area contributed by atoms with Crippen molar-refractivity contribution < 1.29 is 9.84 Å². The van der Waals surface area contributed by atoms with Crippen molar-refractivity contribution in [1.29, 1.82) is 0 Å². The topological polar surface area (TPSA) is 58.7 Å². The number of rotatable bonds is 5. The zero-order chi connectivity index (χ0) is 14.7. The van der Waals surface area contributed by atoms with E-state index in [0.717, 1.165) is 30.0 Å². The van der Waals surface area contributed by atoms with Crippen LogP contribution in [0.2, 0.25) is 0 Å². The fourth-order valence-corrected chi connectivity index (χ4v) is 2.53. The average molecular weight is 278 g/mol. The molecule has 20 heavy (non-hydrogen) atoms. The summed E-state index contributed by atoms with van der Waals surface area (Å²) in [5.41, 5.74) is 7.49. The van der Waals surface area contributed by atoms with Crippen molar-refractivity contribution in [3.63, 3.8) is 0 Å². The number of nitrogens with two attached hydrogens (primary N) is 1. The van der Waals surface area contributed by atoms with Crippen molar-refractivity contribution in [3.8, 4) is 5.75 Å². The average Bonchev–Trinajstić information content (AvgIpc) is 2.44. The van der Waals surface area contributed by atoms with Crippen LogP contribution in [0.5, 0.6) is 5.75 Å². The van der Waals surface area contributed by atoms with E-state index in [0.29, 0.717) is 18.9 Å². The van der Waals surface area contributed by atoms with Crippen molar-refractivity contribution >= 4 is 5.69 Å². The number of likely N-dealkylation sites (N-methyl/N-ethyl adjacent to an activating group) is 1. The molecule has 0 aliphatic carbocycles. The molecule has 2 rings (SSSR count). The van der Waals surface area contributed by atoms with Crippen molar-refractivity contribution in [2.75, 3.05) is 25.0 Å². The monoisotopic (exact) mass is 278 g/mol. The van der Waals surface area contributed by atoms with Gasteiger partial charge in [-0.05, 0) is 43.0 Å². The van der Waals surface area contributed by atoms with E-state index in [1.54, 1.807) is 0 Å². The lowest BCUT2D eigenvalue weighted by Crippen LogP contribution is -2.40. The van der Waals surface area contributed by atoms with Gasteiger partial charge in [0.15, 0.2) is 0 Å². The maximum Gasteiger partial charge on any atom is 0.143 e. The number of fused-ring (bicyclic) bond motifs is 1. The highest BCUT2D eigenvalue weighted by Crippen LogP contribution is 2.36. The highest BCUT2D eigenvalue weighted by atomic mass is 16.5. The number of aliphatic hydroxyl groups is 1. The van der Waals surface area contributed by atoms with Gasteiger partial charge in [-0.2, -0.15) is 0 Å². The molecule has 1 aromatic rings. The van der Waals surface area contributed by atoms with Crippen molar-refractivity contribution in [1.82, 2.24) is 0 Å². The second-order valence-corrected chi connectivity index (χ2v) is 5.95. The van der Waals surface area contributed by atoms with E-state index in [1.165, 1.54) is 0 Å². The predicted molar refractivity (Wildman–Crippen MR) is 82.2 cm³/mol. The smallest absolute Gasteiger partial charge is 0.143 e. The molecule has 0 fully saturated rings. The van der Waals surface area contributed by atoms with Gasteiger partial charge in [-0.25, -0.2) is 0 Å². The summed E-state index contributed by atoms with van der Waals surface area (Å²) >= 11 is 0. The summed E-state index contributed by atoms with van der Waals surface area (Å²) in [5, 5.41) is 10.2. The third-order valence-electron chi connectivity index (χ3n) is 3.94. The number of ether oxygens (including phenoxy) is 1. The Kier molecular flexibility index (Phi) is 4.89. The summed E-state index contributed by atoms with van der Waals surface area (Å²) in [6.07, 6.45) is 1.31. The van der Waals surface area contributed by atoms with E-state index in [9.17, 15) is 5.11 Å². The lowest BCUT2D eigenvalue weighted by atomic mass is 10.0.